The number of aliphatic hydroxyl groups is 1. The number of aromatic nitrogens is 1. The lowest BCUT2D eigenvalue weighted by atomic mass is 10.1. The first kappa shape index (κ1) is 14.2. The largest absolute Gasteiger partial charge is 0.486 e. The predicted octanol–water partition coefficient (Wildman–Crippen LogP) is 3.01. The topological polar surface area (TPSA) is 51.6 Å². The minimum atomic E-state index is -4.52. The second-order valence-electron chi connectivity index (χ2n) is 4.34. The van der Waals surface area contributed by atoms with Gasteiger partial charge in [0, 0.05) is 11.8 Å². The Morgan fingerprint density at radius 1 is 1.24 bits per heavy atom. The summed E-state index contributed by atoms with van der Waals surface area (Å²) < 4.78 is 48.5. The summed E-state index contributed by atoms with van der Waals surface area (Å²) in [6, 6.07) is 4.92. The number of hydrogen-bond acceptors (Lipinski definition) is 5. The van der Waals surface area contributed by atoms with Crippen LogP contribution < -0.4 is 9.47 Å². The van der Waals surface area contributed by atoms with E-state index in [1.807, 2.05) is 0 Å². The molecule has 2 aromatic rings. The van der Waals surface area contributed by atoms with Crippen molar-refractivity contribution in [3.63, 3.8) is 0 Å². The van der Waals surface area contributed by atoms with Gasteiger partial charge in [-0.1, -0.05) is 12.1 Å². The standard InChI is InChI=1S/C13H10F3NO3S/c14-13(15,16)12-17-6-9(21-12)10(18)7-2-1-3-8-11(7)20-5-4-19-8/h1-3,6,10,18H,4-5H2. The Balaban J connectivity index is 1.95. The van der Waals surface area contributed by atoms with E-state index in [1.165, 1.54) is 0 Å². The van der Waals surface area contributed by atoms with Crippen LogP contribution in [0.2, 0.25) is 0 Å². The molecule has 0 spiro atoms. The zero-order valence-electron chi connectivity index (χ0n) is 10.6. The maximum Gasteiger partial charge on any atom is 0.443 e. The number of benzene rings is 1. The van der Waals surface area contributed by atoms with Gasteiger partial charge in [0.1, 0.15) is 19.3 Å². The van der Waals surface area contributed by atoms with E-state index in [-0.39, 0.29) is 4.88 Å². The van der Waals surface area contributed by atoms with Crippen LogP contribution in [0.4, 0.5) is 13.2 Å². The molecule has 4 nitrogen and oxygen atoms in total. The van der Waals surface area contributed by atoms with Gasteiger partial charge in [0.2, 0.25) is 0 Å². The smallest absolute Gasteiger partial charge is 0.443 e. The summed E-state index contributed by atoms with van der Waals surface area (Å²) in [5.74, 6) is 0.830. The molecule has 0 radical (unpaired) electrons. The van der Waals surface area contributed by atoms with Crippen LogP contribution in [0.1, 0.15) is 21.6 Å². The number of halogens is 3. The van der Waals surface area contributed by atoms with Gasteiger partial charge in [-0.15, -0.1) is 11.3 Å². The Morgan fingerprint density at radius 2 is 2.00 bits per heavy atom. The molecule has 21 heavy (non-hydrogen) atoms. The molecule has 0 aliphatic carbocycles. The van der Waals surface area contributed by atoms with E-state index in [0.717, 1.165) is 6.20 Å². The molecule has 1 aromatic heterocycles. The van der Waals surface area contributed by atoms with Gasteiger partial charge in [-0.05, 0) is 6.07 Å². The van der Waals surface area contributed by atoms with Gasteiger partial charge in [-0.2, -0.15) is 13.2 Å². The lowest BCUT2D eigenvalue weighted by Crippen LogP contribution is -2.17. The zero-order chi connectivity index (χ0) is 15.0. The summed E-state index contributed by atoms with van der Waals surface area (Å²) >= 11 is 0.411. The van der Waals surface area contributed by atoms with E-state index in [1.54, 1.807) is 18.2 Å². The molecule has 1 unspecified atom stereocenters. The number of para-hydroxylation sites is 1. The molecular formula is C13H10F3NO3S. The minimum absolute atomic E-state index is 0.102. The summed E-state index contributed by atoms with van der Waals surface area (Å²) in [6.45, 7) is 0.721. The molecule has 0 bridgehead atoms. The van der Waals surface area contributed by atoms with Crippen LogP contribution in [-0.4, -0.2) is 23.3 Å². The summed E-state index contributed by atoms with van der Waals surface area (Å²) in [5, 5.41) is 9.31. The number of fused-ring (bicyclic) bond motifs is 1. The van der Waals surface area contributed by atoms with E-state index in [9.17, 15) is 18.3 Å². The van der Waals surface area contributed by atoms with E-state index >= 15 is 0 Å². The summed E-state index contributed by atoms with van der Waals surface area (Å²) in [6.07, 6.45) is -4.73. The number of ether oxygens (including phenoxy) is 2. The highest BCUT2D eigenvalue weighted by molar-refractivity contribution is 7.11. The van der Waals surface area contributed by atoms with Gasteiger partial charge < -0.3 is 14.6 Å². The SMILES string of the molecule is OC(c1cnc(C(F)(F)F)s1)c1cccc2c1OCCO2. The molecule has 0 amide bonds. The zero-order valence-corrected chi connectivity index (χ0v) is 11.4. The predicted molar refractivity (Wildman–Crippen MR) is 68.6 cm³/mol. The highest BCUT2D eigenvalue weighted by Crippen LogP contribution is 2.41. The molecule has 112 valence electrons. The Kier molecular flexibility index (Phi) is 3.50. The molecule has 0 saturated heterocycles. The Morgan fingerprint density at radius 3 is 2.71 bits per heavy atom. The lowest BCUT2D eigenvalue weighted by molar-refractivity contribution is -0.137. The molecule has 1 aliphatic heterocycles. The normalized spacial score (nSPS) is 15.8. The molecule has 1 N–H and O–H groups in total. The van der Waals surface area contributed by atoms with Gasteiger partial charge in [0.15, 0.2) is 16.5 Å². The van der Waals surface area contributed by atoms with Crippen molar-refractivity contribution in [2.24, 2.45) is 0 Å². The fourth-order valence-electron chi connectivity index (χ4n) is 2.01. The first-order valence-electron chi connectivity index (χ1n) is 6.06. The molecule has 8 heteroatoms. The maximum absolute atomic E-state index is 12.6. The van der Waals surface area contributed by atoms with Gasteiger partial charge in [-0.25, -0.2) is 4.98 Å². The monoisotopic (exact) mass is 317 g/mol. The van der Waals surface area contributed by atoms with Crippen molar-refractivity contribution in [3.8, 4) is 11.5 Å². The van der Waals surface area contributed by atoms with Crippen molar-refractivity contribution in [1.82, 2.24) is 4.98 Å². The number of alkyl halides is 3. The van der Waals surface area contributed by atoms with Crippen molar-refractivity contribution >= 4 is 11.3 Å². The van der Waals surface area contributed by atoms with Crippen LogP contribution >= 0.6 is 11.3 Å². The fourth-order valence-corrected chi connectivity index (χ4v) is 2.80. The van der Waals surface area contributed by atoms with Crippen molar-refractivity contribution in [2.75, 3.05) is 13.2 Å². The quantitative estimate of drug-likeness (QED) is 0.925. The third kappa shape index (κ3) is 2.68. The van der Waals surface area contributed by atoms with Crippen LogP contribution in [-0.2, 0) is 6.18 Å². The first-order chi connectivity index (χ1) is 9.97. The number of hydrogen-bond donors (Lipinski definition) is 1. The first-order valence-corrected chi connectivity index (χ1v) is 6.88. The van der Waals surface area contributed by atoms with Gasteiger partial charge >= 0.3 is 6.18 Å². The fraction of sp³-hybridized carbons (Fsp3) is 0.308. The molecule has 1 aliphatic rings. The van der Waals surface area contributed by atoms with Crippen LogP contribution in [0.5, 0.6) is 11.5 Å². The van der Waals surface area contributed by atoms with E-state index in [4.69, 9.17) is 9.47 Å². The highest BCUT2D eigenvalue weighted by Gasteiger charge is 2.35. The van der Waals surface area contributed by atoms with E-state index in [2.05, 4.69) is 4.98 Å². The van der Waals surface area contributed by atoms with Crippen LogP contribution in [0.15, 0.2) is 24.4 Å². The third-order valence-corrected chi connectivity index (χ3v) is 4.02. The summed E-state index contributed by atoms with van der Waals surface area (Å²) in [5.41, 5.74) is 0.365. The van der Waals surface area contributed by atoms with Crippen molar-refractivity contribution < 1.29 is 27.8 Å². The number of rotatable bonds is 2. The van der Waals surface area contributed by atoms with Gasteiger partial charge in [-0.3, -0.25) is 0 Å². The van der Waals surface area contributed by atoms with Crippen LogP contribution in [0.25, 0.3) is 0 Å². The van der Waals surface area contributed by atoms with E-state index in [0.29, 0.717) is 41.6 Å². The van der Waals surface area contributed by atoms with Crippen LogP contribution in [0.3, 0.4) is 0 Å². The second-order valence-corrected chi connectivity index (χ2v) is 5.40. The second kappa shape index (κ2) is 5.19. The molecule has 0 fully saturated rings. The van der Waals surface area contributed by atoms with E-state index < -0.39 is 17.3 Å². The van der Waals surface area contributed by atoms with Crippen molar-refractivity contribution in [3.05, 3.63) is 39.8 Å². The molecule has 0 saturated carbocycles. The maximum atomic E-state index is 12.6. The molecule has 2 heterocycles. The third-order valence-electron chi connectivity index (χ3n) is 2.93. The average Bonchev–Trinajstić information content (AvgIpc) is 2.96. The molecule has 3 rings (SSSR count). The Bertz CT molecular complexity index is 656. The Labute approximate surface area is 121 Å². The van der Waals surface area contributed by atoms with Crippen LogP contribution in [0, 0.1) is 0 Å². The van der Waals surface area contributed by atoms with Gasteiger partial charge in [0.25, 0.3) is 0 Å². The van der Waals surface area contributed by atoms with Gasteiger partial charge in [0.05, 0.1) is 4.88 Å². The van der Waals surface area contributed by atoms with Crippen molar-refractivity contribution in [1.29, 1.82) is 0 Å². The number of thiazole rings is 1. The molecular weight excluding hydrogens is 307 g/mol. The Hall–Kier alpha value is -1.80. The number of nitrogens with zero attached hydrogens (tertiary/aromatic N) is 1. The average molecular weight is 317 g/mol. The summed E-state index contributed by atoms with van der Waals surface area (Å²) in [4.78, 5) is 3.41. The lowest BCUT2D eigenvalue weighted by Gasteiger charge is -2.22. The molecule has 1 aromatic carbocycles. The molecule has 1 atom stereocenters. The highest BCUT2D eigenvalue weighted by atomic mass is 32.1. The summed E-state index contributed by atoms with van der Waals surface area (Å²) in [7, 11) is 0. The minimum Gasteiger partial charge on any atom is -0.486 e. The number of aliphatic hydroxyl groups excluding tert-OH is 1. The van der Waals surface area contributed by atoms with Crippen molar-refractivity contribution in [2.45, 2.75) is 12.3 Å².